The zero-order chi connectivity index (χ0) is 42.0. The number of carbonyl (C=O) groups is 3. The van der Waals surface area contributed by atoms with Gasteiger partial charge < -0.3 is 24.7 Å². The molecule has 0 saturated carbocycles. The Kier molecular flexibility index (Phi) is 51.3. The number of halogens is 1. The Labute approximate surface area is 354 Å². The summed E-state index contributed by atoms with van der Waals surface area (Å²) in [5, 5.41) is 20.9. The summed E-state index contributed by atoms with van der Waals surface area (Å²) in [6.45, 7) is 6.03. The van der Waals surface area contributed by atoms with E-state index in [1.54, 1.807) is 6.92 Å². The lowest BCUT2D eigenvalue weighted by molar-refractivity contribution is -0.189. The molecule has 2 unspecified atom stereocenters. The van der Waals surface area contributed by atoms with Crippen molar-refractivity contribution in [2.24, 2.45) is 0 Å². The van der Waals surface area contributed by atoms with Crippen LogP contribution in [0.1, 0.15) is 226 Å². The smallest absolute Gasteiger partial charge is 0.347 e. The van der Waals surface area contributed by atoms with E-state index in [1.807, 2.05) is 52.1 Å². The van der Waals surface area contributed by atoms with Gasteiger partial charge in [0.05, 0.1) is 0 Å². The summed E-state index contributed by atoms with van der Waals surface area (Å²) in [6.07, 6.45) is 34.3. The van der Waals surface area contributed by atoms with Crippen LogP contribution in [-0.2, 0) is 19.1 Å². The van der Waals surface area contributed by atoms with Gasteiger partial charge in [0.15, 0.2) is 17.7 Å². The van der Waals surface area contributed by atoms with E-state index in [0.29, 0.717) is 12.8 Å². The molecule has 0 rings (SSSR count). The number of carboxylic acid groups (broad SMARTS) is 1. The number of Topliss-reactive ketones (excluding diaryl/α,β-unsaturated/α-hetero) is 2. The molecule has 0 saturated heterocycles. The van der Waals surface area contributed by atoms with Crippen LogP contribution in [-0.4, -0.2) is 98.1 Å². The molecular weight excluding hydrogens is 724 g/mol. The monoisotopic (exact) mass is 821 g/mol. The summed E-state index contributed by atoms with van der Waals surface area (Å²) in [7, 11) is 12.0. The van der Waals surface area contributed by atoms with Gasteiger partial charge in [-0.25, -0.2) is 4.79 Å². The topological polar surface area (TPSA) is 107 Å². The summed E-state index contributed by atoms with van der Waals surface area (Å²) in [5.41, 5.74) is -2.50. The van der Waals surface area contributed by atoms with Gasteiger partial charge >= 0.3 is 5.97 Å². The zero-order valence-corrected chi connectivity index (χ0v) is 39.6. The molecule has 0 fully saturated rings. The number of aliphatic hydroxyl groups is 1. The van der Waals surface area contributed by atoms with Gasteiger partial charge in [-0.2, -0.15) is 0 Å². The minimum atomic E-state index is -2.50. The van der Waals surface area contributed by atoms with E-state index in [4.69, 9.17) is 4.74 Å². The van der Waals surface area contributed by atoms with Crippen molar-refractivity contribution in [3.63, 3.8) is 0 Å². The molecule has 0 aliphatic heterocycles. The van der Waals surface area contributed by atoms with Crippen molar-refractivity contribution < 1.29 is 29.3 Å². The van der Waals surface area contributed by atoms with Crippen molar-refractivity contribution in [3.8, 4) is 0 Å². The molecule has 0 aliphatic rings. The number of ketones is 2. The average molecular weight is 822 g/mol. The molecule has 0 amide bonds. The maximum Gasteiger partial charge on any atom is 0.347 e. The number of aliphatic hydroxyl groups excluding tert-OH is 1. The number of carboxylic acids is 1. The lowest BCUT2D eigenvalue weighted by Crippen LogP contribution is -2.60. The third-order valence-corrected chi connectivity index (χ3v) is 9.83. The fourth-order valence-corrected chi connectivity index (χ4v) is 6.71. The minimum absolute atomic E-state index is 0. The number of aliphatic carboxylic acids is 1. The second-order valence-electron chi connectivity index (χ2n) is 16.8. The van der Waals surface area contributed by atoms with Gasteiger partial charge in [-0.3, -0.25) is 9.59 Å². The standard InChI is InChI=1S/C41H78O6.2C3H9N.ClH/c1-4-7-9-11-13-15-17-19-21-23-25-27-29-31-33-35-37(42)39(44)41(40(45)46,47-6-3)38(43)36-34-32-30-28-26-24-22-20-18-16-14-12-10-8-5-2;2*1-4(2)3;/h39,44H,4-36H2,1-3H3,(H,45,46);2*1-3H3;1H. The molecule has 0 aromatic rings. The van der Waals surface area contributed by atoms with Crippen molar-refractivity contribution in [2.45, 2.75) is 238 Å². The molecule has 0 aliphatic carbocycles. The van der Waals surface area contributed by atoms with Crippen LogP contribution in [0.15, 0.2) is 0 Å². The maximum atomic E-state index is 13.2. The van der Waals surface area contributed by atoms with Crippen LogP contribution in [0.4, 0.5) is 0 Å². The summed E-state index contributed by atoms with van der Waals surface area (Å²) >= 11 is 0. The molecule has 0 aromatic heterocycles. The quantitative estimate of drug-likeness (QED) is 0.0468. The third-order valence-electron chi connectivity index (χ3n) is 9.83. The lowest BCUT2D eigenvalue weighted by atomic mass is 9.84. The molecule has 0 heterocycles. The van der Waals surface area contributed by atoms with E-state index >= 15 is 0 Å². The first-order valence-electron chi connectivity index (χ1n) is 23.2. The molecule has 0 spiro atoms. The van der Waals surface area contributed by atoms with Crippen molar-refractivity contribution in [3.05, 3.63) is 0 Å². The zero-order valence-electron chi connectivity index (χ0n) is 38.7. The van der Waals surface area contributed by atoms with Crippen LogP contribution in [0.3, 0.4) is 0 Å². The van der Waals surface area contributed by atoms with Crippen LogP contribution in [0, 0.1) is 0 Å². The summed E-state index contributed by atoms with van der Waals surface area (Å²) in [4.78, 5) is 42.4. The SMILES string of the molecule is CCCCCCCCCCCCCCCCCC(=O)C(O)C(OCC)(C(=O)O)C(=O)CCCCCCCCCCCCCCCCC.CN(C)C.CN(C)C.Cl. The number of carbonyl (C=O) groups excluding carboxylic acids is 2. The maximum absolute atomic E-state index is 13.2. The van der Waals surface area contributed by atoms with Gasteiger partial charge in [-0.05, 0) is 62.1 Å². The van der Waals surface area contributed by atoms with Crippen LogP contribution in [0.5, 0.6) is 0 Å². The van der Waals surface area contributed by atoms with Gasteiger partial charge in [0.25, 0.3) is 5.60 Å². The van der Waals surface area contributed by atoms with E-state index in [2.05, 4.69) is 13.8 Å². The molecule has 0 bridgehead atoms. The fourth-order valence-electron chi connectivity index (χ4n) is 6.71. The molecule has 8 nitrogen and oxygen atoms in total. The second kappa shape index (κ2) is 46.6. The highest BCUT2D eigenvalue weighted by Crippen LogP contribution is 2.25. The molecule has 0 aromatic carbocycles. The van der Waals surface area contributed by atoms with Crippen molar-refractivity contribution in [2.75, 3.05) is 48.9 Å². The minimum Gasteiger partial charge on any atom is -0.479 e. The highest BCUT2D eigenvalue weighted by molar-refractivity contribution is 6.11. The van der Waals surface area contributed by atoms with Crippen molar-refractivity contribution in [1.82, 2.24) is 9.80 Å². The first kappa shape index (κ1) is 61.6. The van der Waals surface area contributed by atoms with Gasteiger partial charge in [0.1, 0.15) is 0 Å². The number of ether oxygens (including phenoxy) is 1. The number of rotatable bonds is 38. The number of hydrogen-bond donors (Lipinski definition) is 2. The highest BCUT2D eigenvalue weighted by atomic mass is 35.5. The van der Waals surface area contributed by atoms with Gasteiger partial charge in [-0.1, -0.05) is 194 Å². The second-order valence-corrected chi connectivity index (χ2v) is 16.8. The van der Waals surface area contributed by atoms with Crippen molar-refractivity contribution >= 4 is 29.9 Å². The van der Waals surface area contributed by atoms with E-state index in [-0.39, 0.29) is 31.9 Å². The summed E-state index contributed by atoms with van der Waals surface area (Å²) in [5.74, 6) is -2.87. The van der Waals surface area contributed by atoms with E-state index in [9.17, 15) is 24.6 Å². The predicted octanol–water partition coefficient (Wildman–Crippen LogP) is 12.6. The number of hydrogen-bond acceptors (Lipinski definition) is 7. The Morgan fingerprint density at radius 1 is 0.464 bits per heavy atom. The van der Waals surface area contributed by atoms with Crippen LogP contribution < -0.4 is 0 Å². The first-order chi connectivity index (χ1) is 26.3. The van der Waals surface area contributed by atoms with E-state index in [0.717, 1.165) is 38.5 Å². The lowest BCUT2D eigenvalue weighted by Gasteiger charge is -2.31. The molecular formula is C47H97ClN2O6. The Bertz CT molecular complexity index is 832. The summed E-state index contributed by atoms with van der Waals surface area (Å²) in [6, 6.07) is 0. The largest absolute Gasteiger partial charge is 0.479 e. The summed E-state index contributed by atoms with van der Waals surface area (Å²) < 4.78 is 5.42. The predicted molar refractivity (Wildman–Crippen MR) is 244 cm³/mol. The van der Waals surface area contributed by atoms with Gasteiger partial charge in [0.2, 0.25) is 0 Å². The fraction of sp³-hybridized carbons (Fsp3) is 0.936. The number of unbranched alkanes of at least 4 members (excludes halogenated alkanes) is 28. The molecule has 338 valence electrons. The molecule has 2 N–H and O–H groups in total. The van der Waals surface area contributed by atoms with E-state index < -0.39 is 29.2 Å². The number of nitrogens with zero attached hydrogens (tertiary/aromatic N) is 2. The molecule has 2 atom stereocenters. The van der Waals surface area contributed by atoms with Crippen LogP contribution >= 0.6 is 12.4 Å². The first-order valence-corrected chi connectivity index (χ1v) is 23.2. The van der Waals surface area contributed by atoms with E-state index in [1.165, 1.54) is 141 Å². The van der Waals surface area contributed by atoms with Gasteiger partial charge in [0, 0.05) is 19.4 Å². The Hall–Kier alpha value is -1.06. The normalized spacial score (nSPS) is 12.6. The van der Waals surface area contributed by atoms with Gasteiger partial charge in [-0.15, -0.1) is 12.4 Å². The third kappa shape index (κ3) is 41.1. The average Bonchev–Trinajstić information content (AvgIpc) is 3.12. The van der Waals surface area contributed by atoms with Crippen molar-refractivity contribution in [1.29, 1.82) is 0 Å². The van der Waals surface area contributed by atoms with Crippen LogP contribution in [0.2, 0.25) is 0 Å². The van der Waals surface area contributed by atoms with Crippen LogP contribution in [0.25, 0.3) is 0 Å². The molecule has 56 heavy (non-hydrogen) atoms. The Balaban J connectivity index is -0.00000136. The molecule has 0 radical (unpaired) electrons. The molecule has 9 heteroatoms. The highest BCUT2D eigenvalue weighted by Gasteiger charge is 2.55. The Morgan fingerprint density at radius 2 is 0.696 bits per heavy atom. The Morgan fingerprint density at radius 3 is 0.929 bits per heavy atom.